The molecular formula is C3H4N4O6S2. The van der Waals surface area contributed by atoms with Gasteiger partial charge in [-0.3, -0.25) is 9.11 Å². The van der Waals surface area contributed by atoms with Gasteiger partial charge in [-0.05, 0) is 0 Å². The number of anilines is 1. The van der Waals surface area contributed by atoms with E-state index in [0.29, 0.717) is 0 Å². The molecule has 0 atom stereocenters. The van der Waals surface area contributed by atoms with E-state index in [-0.39, 0.29) is 0 Å². The van der Waals surface area contributed by atoms with Gasteiger partial charge in [-0.2, -0.15) is 31.8 Å². The highest BCUT2D eigenvalue weighted by molar-refractivity contribution is 7.86. The molecule has 0 aliphatic heterocycles. The Kier molecular flexibility index (Phi) is 2.60. The Labute approximate surface area is 83.7 Å². The van der Waals surface area contributed by atoms with Crippen LogP contribution < -0.4 is 5.73 Å². The molecule has 84 valence electrons. The highest BCUT2D eigenvalue weighted by atomic mass is 32.2. The second-order valence-corrected chi connectivity index (χ2v) is 4.84. The van der Waals surface area contributed by atoms with Gasteiger partial charge < -0.3 is 5.73 Å². The maximum Gasteiger partial charge on any atom is 0.330 e. The van der Waals surface area contributed by atoms with Crippen molar-refractivity contribution in [1.82, 2.24) is 15.0 Å². The largest absolute Gasteiger partial charge is 0.368 e. The van der Waals surface area contributed by atoms with Gasteiger partial charge in [0.15, 0.2) is 0 Å². The van der Waals surface area contributed by atoms with Crippen molar-refractivity contribution in [2.75, 3.05) is 5.73 Å². The predicted octanol–water partition coefficient (Wildman–Crippen LogP) is -2.05. The van der Waals surface area contributed by atoms with E-state index in [4.69, 9.17) is 14.8 Å². The van der Waals surface area contributed by atoms with Crippen LogP contribution in [0, 0.1) is 0 Å². The number of rotatable bonds is 2. The summed E-state index contributed by atoms with van der Waals surface area (Å²) in [6, 6.07) is 0. The fourth-order valence-electron chi connectivity index (χ4n) is 0.584. The van der Waals surface area contributed by atoms with E-state index in [1.54, 1.807) is 0 Å². The van der Waals surface area contributed by atoms with E-state index in [1.807, 2.05) is 0 Å². The van der Waals surface area contributed by atoms with E-state index < -0.39 is 36.5 Å². The molecule has 0 spiro atoms. The van der Waals surface area contributed by atoms with E-state index >= 15 is 0 Å². The number of nitrogens with zero attached hydrogens (tertiary/aromatic N) is 3. The van der Waals surface area contributed by atoms with Crippen molar-refractivity contribution < 1.29 is 25.9 Å². The third-order valence-corrected chi connectivity index (χ3v) is 2.36. The summed E-state index contributed by atoms with van der Waals surface area (Å²) < 4.78 is 59.1. The Hall–Kier alpha value is -1.37. The smallest absolute Gasteiger partial charge is 0.330 e. The molecule has 1 aromatic heterocycles. The summed E-state index contributed by atoms with van der Waals surface area (Å²) in [6.07, 6.45) is 0. The molecule has 1 rings (SSSR count). The van der Waals surface area contributed by atoms with Crippen LogP contribution in [0.4, 0.5) is 5.95 Å². The van der Waals surface area contributed by atoms with Crippen LogP contribution in [0.2, 0.25) is 0 Å². The van der Waals surface area contributed by atoms with E-state index in [1.165, 1.54) is 0 Å². The number of nitrogens with two attached hydrogens (primary N) is 1. The Morgan fingerprint density at radius 3 is 1.47 bits per heavy atom. The second kappa shape index (κ2) is 3.34. The van der Waals surface area contributed by atoms with E-state index in [9.17, 15) is 16.8 Å². The van der Waals surface area contributed by atoms with Crippen LogP contribution in [0.25, 0.3) is 0 Å². The first-order chi connectivity index (χ1) is 6.60. The van der Waals surface area contributed by atoms with Crippen LogP contribution >= 0.6 is 0 Å². The Morgan fingerprint density at radius 2 is 1.20 bits per heavy atom. The molecule has 1 aromatic rings. The first-order valence-electron chi connectivity index (χ1n) is 3.07. The van der Waals surface area contributed by atoms with Crippen molar-refractivity contribution in [2.24, 2.45) is 0 Å². The van der Waals surface area contributed by atoms with Gasteiger partial charge in [0, 0.05) is 0 Å². The monoisotopic (exact) mass is 256 g/mol. The van der Waals surface area contributed by atoms with Gasteiger partial charge in [0.25, 0.3) is 10.3 Å². The van der Waals surface area contributed by atoms with Crippen molar-refractivity contribution in [3.63, 3.8) is 0 Å². The van der Waals surface area contributed by atoms with Crippen LogP contribution in [0.3, 0.4) is 0 Å². The van der Waals surface area contributed by atoms with Gasteiger partial charge in [-0.25, -0.2) is 0 Å². The lowest BCUT2D eigenvalue weighted by molar-refractivity contribution is 0.461. The van der Waals surface area contributed by atoms with Crippen molar-refractivity contribution >= 4 is 26.2 Å². The van der Waals surface area contributed by atoms with Gasteiger partial charge in [0.2, 0.25) is 5.95 Å². The molecular weight excluding hydrogens is 252 g/mol. The first kappa shape index (κ1) is 11.7. The minimum atomic E-state index is -4.83. The molecule has 0 fully saturated rings. The summed E-state index contributed by atoms with van der Waals surface area (Å²) in [6.45, 7) is 0. The van der Waals surface area contributed by atoms with Gasteiger partial charge in [0.1, 0.15) is 0 Å². The van der Waals surface area contributed by atoms with Crippen molar-refractivity contribution in [2.45, 2.75) is 10.3 Å². The van der Waals surface area contributed by atoms with E-state index in [0.717, 1.165) is 0 Å². The Morgan fingerprint density at radius 1 is 0.867 bits per heavy atom. The highest BCUT2D eigenvalue weighted by Gasteiger charge is 2.22. The number of hydrogen-bond donors (Lipinski definition) is 3. The molecule has 0 bridgehead atoms. The molecule has 0 aliphatic carbocycles. The zero-order valence-corrected chi connectivity index (χ0v) is 8.40. The average Bonchev–Trinajstić information content (AvgIpc) is 1.99. The summed E-state index contributed by atoms with van der Waals surface area (Å²) in [5.41, 5.74) is 4.94. The maximum absolute atomic E-state index is 10.5. The first-order valence-corrected chi connectivity index (χ1v) is 5.95. The normalized spacial score (nSPS) is 12.7. The van der Waals surface area contributed by atoms with Crippen molar-refractivity contribution in [3.8, 4) is 0 Å². The SMILES string of the molecule is Nc1nc(S(=O)(=O)O)nc(S(=O)(=O)O)n1. The fourth-order valence-corrected chi connectivity index (χ4v) is 1.46. The average molecular weight is 256 g/mol. The Bertz CT molecular complexity index is 541. The standard InChI is InChI=1S/C3H4N4O6S2/c4-1-5-2(14(8,9)10)7-3(6-1)15(11,12)13/h(H,8,9,10)(H,11,12,13)(H2,4,5,6,7). The molecule has 0 unspecified atom stereocenters. The molecule has 0 radical (unpaired) electrons. The summed E-state index contributed by atoms with van der Waals surface area (Å²) in [5, 5.41) is -2.52. The fraction of sp³-hybridized carbons (Fsp3) is 0. The molecule has 15 heavy (non-hydrogen) atoms. The lowest BCUT2D eigenvalue weighted by atomic mass is 11.0. The summed E-state index contributed by atoms with van der Waals surface area (Å²) in [4.78, 5) is 8.72. The topological polar surface area (TPSA) is 173 Å². The van der Waals surface area contributed by atoms with Gasteiger partial charge in [0.05, 0.1) is 0 Å². The molecule has 0 aliphatic rings. The van der Waals surface area contributed by atoms with Crippen molar-refractivity contribution in [1.29, 1.82) is 0 Å². The number of aromatic nitrogens is 3. The highest BCUT2D eigenvalue weighted by Crippen LogP contribution is 2.07. The lowest BCUT2D eigenvalue weighted by Gasteiger charge is -1.99. The molecule has 0 aromatic carbocycles. The third-order valence-electron chi connectivity index (χ3n) is 1.07. The molecule has 10 nitrogen and oxygen atoms in total. The van der Waals surface area contributed by atoms with Gasteiger partial charge >= 0.3 is 20.2 Å². The quantitative estimate of drug-likeness (QED) is 0.499. The molecule has 0 saturated heterocycles. The van der Waals surface area contributed by atoms with Crippen LogP contribution in [-0.2, 0) is 20.2 Å². The maximum atomic E-state index is 10.5. The van der Waals surface area contributed by atoms with Crippen LogP contribution in [-0.4, -0.2) is 40.9 Å². The molecule has 0 amide bonds. The molecule has 12 heteroatoms. The summed E-state index contributed by atoms with van der Waals surface area (Å²) >= 11 is 0. The van der Waals surface area contributed by atoms with E-state index in [2.05, 4.69) is 15.0 Å². The van der Waals surface area contributed by atoms with Crippen LogP contribution in [0.15, 0.2) is 10.3 Å². The predicted molar refractivity (Wildman–Crippen MR) is 43.9 cm³/mol. The zero-order valence-electron chi connectivity index (χ0n) is 6.76. The number of nitrogen functional groups attached to an aromatic ring is 1. The molecule has 0 saturated carbocycles. The van der Waals surface area contributed by atoms with Crippen molar-refractivity contribution in [3.05, 3.63) is 0 Å². The minimum absolute atomic E-state index is 0.773. The molecule has 1 heterocycles. The lowest BCUT2D eigenvalue weighted by Crippen LogP contribution is -2.14. The zero-order chi connectivity index (χ0) is 11.9. The van der Waals surface area contributed by atoms with Crippen LogP contribution in [0.1, 0.15) is 0 Å². The van der Waals surface area contributed by atoms with Gasteiger partial charge in [-0.15, -0.1) is 0 Å². The Balaban J connectivity index is 3.57. The molecule has 4 N–H and O–H groups in total. The summed E-state index contributed by atoms with van der Waals surface area (Å²) in [5.74, 6) is -0.773. The van der Waals surface area contributed by atoms with Crippen LogP contribution in [0.5, 0.6) is 0 Å². The number of hydrogen-bond acceptors (Lipinski definition) is 8. The second-order valence-electron chi connectivity index (χ2n) is 2.21. The van der Waals surface area contributed by atoms with Gasteiger partial charge in [-0.1, -0.05) is 0 Å². The minimum Gasteiger partial charge on any atom is -0.368 e. The summed E-state index contributed by atoms with van der Waals surface area (Å²) in [7, 11) is -9.65. The third kappa shape index (κ3) is 2.79.